The first-order valence-corrected chi connectivity index (χ1v) is 9.21. The highest BCUT2D eigenvalue weighted by molar-refractivity contribution is 7.89. The standard InChI is InChI=1S/C14H17N3O3S2/c1-10-12(13(18)16-22(3,19)20)15-14(21-10)17(2)9-11-7-5-4-6-8-11/h4-8H,9H2,1-3H3,(H,16,18). The smallest absolute Gasteiger partial charge is 0.284 e. The van der Waals surface area contributed by atoms with Crippen LogP contribution in [0, 0.1) is 6.92 Å². The van der Waals surface area contributed by atoms with Gasteiger partial charge in [0.2, 0.25) is 10.0 Å². The van der Waals surface area contributed by atoms with Crippen molar-refractivity contribution in [3.05, 3.63) is 46.5 Å². The third-order valence-corrected chi connectivity index (χ3v) is 4.51. The summed E-state index contributed by atoms with van der Waals surface area (Å²) < 4.78 is 24.2. The molecule has 0 saturated carbocycles. The van der Waals surface area contributed by atoms with Gasteiger partial charge >= 0.3 is 0 Å². The molecule has 2 rings (SSSR count). The Morgan fingerprint density at radius 2 is 1.95 bits per heavy atom. The lowest BCUT2D eigenvalue weighted by Crippen LogP contribution is -2.30. The summed E-state index contributed by atoms with van der Waals surface area (Å²) in [5.41, 5.74) is 1.27. The molecule has 22 heavy (non-hydrogen) atoms. The molecule has 0 saturated heterocycles. The Morgan fingerprint density at radius 3 is 2.55 bits per heavy atom. The van der Waals surface area contributed by atoms with Crippen molar-refractivity contribution >= 4 is 32.4 Å². The van der Waals surface area contributed by atoms with E-state index in [1.165, 1.54) is 11.3 Å². The Kier molecular flexibility index (Phi) is 4.82. The molecule has 1 amide bonds. The SMILES string of the molecule is Cc1sc(N(C)Cc2ccccc2)nc1C(=O)NS(C)(=O)=O. The van der Waals surface area contributed by atoms with Gasteiger partial charge in [-0.05, 0) is 12.5 Å². The molecule has 0 unspecified atom stereocenters. The summed E-state index contributed by atoms with van der Waals surface area (Å²) in [6.45, 7) is 2.40. The van der Waals surface area contributed by atoms with E-state index in [2.05, 4.69) is 4.98 Å². The number of amides is 1. The first-order chi connectivity index (χ1) is 10.3. The minimum atomic E-state index is -3.60. The van der Waals surface area contributed by atoms with Gasteiger partial charge in [0.05, 0.1) is 6.26 Å². The van der Waals surface area contributed by atoms with Gasteiger partial charge in [-0.15, -0.1) is 11.3 Å². The number of benzene rings is 1. The number of nitrogens with one attached hydrogen (secondary N) is 1. The summed E-state index contributed by atoms with van der Waals surface area (Å²) in [5, 5.41) is 0.667. The maximum Gasteiger partial charge on any atom is 0.284 e. The van der Waals surface area contributed by atoms with Crippen molar-refractivity contribution in [2.45, 2.75) is 13.5 Å². The van der Waals surface area contributed by atoms with Gasteiger partial charge in [0.25, 0.3) is 5.91 Å². The zero-order valence-electron chi connectivity index (χ0n) is 12.5. The van der Waals surface area contributed by atoms with Crippen molar-refractivity contribution in [2.75, 3.05) is 18.2 Å². The second kappa shape index (κ2) is 6.45. The molecule has 8 heteroatoms. The molecule has 0 radical (unpaired) electrons. The molecular weight excluding hydrogens is 322 g/mol. The summed E-state index contributed by atoms with van der Waals surface area (Å²) in [6, 6.07) is 9.88. The maximum absolute atomic E-state index is 11.9. The topological polar surface area (TPSA) is 79.4 Å². The van der Waals surface area contributed by atoms with Crippen molar-refractivity contribution in [1.29, 1.82) is 0 Å². The van der Waals surface area contributed by atoms with Crippen molar-refractivity contribution < 1.29 is 13.2 Å². The Balaban J connectivity index is 2.17. The Morgan fingerprint density at radius 1 is 1.32 bits per heavy atom. The van der Waals surface area contributed by atoms with Crippen LogP contribution in [0.15, 0.2) is 30.3 Å². The van der Waals surface area contributed by atoms with Crippen molar-refractivity contribution in [2.24, 2.45) is 0 Å². The highest BCUT2D eigenvalue weighted by Gasteiger charge is 2.19. The van der Waals surface area contributed by atoms with E-state index in [9.17, 15) is 13.2 Å². The van der Waals surface area contributed by atoms with Gasteiger partial charge in [-0.1, -0.05) is 30.3 Å². The van der Waals surface area contributed by atoms with Gasteiger partial charge < -0.3 is 4.90 Å². The lowest BCUT2D eigenvalue weighted by Gasteiger charge is -2.15. The fourth-order valence-corrected chi connectivity index (χ4v) is 3.20. The van der Waals surface area contributed by atoms with Gasteiger partial charge in [-0.25, -0.2) is 18.1 Å². The number of sulfonamides is 1. The van der Waals surface area contributed by atoms with Crippen molar-refractivity contribution in [1.82, 2.24) is 9.71 Å². The number of anilines is 1. The Hall–Kier alpha value is -1.93. The van der Waals surface area contributed by atoms with Gasteiger partial charge in [-0.3, -0.25) is 4.79 Å². The van der Waals surface area contributed by atoms with Gasteiger partial charge in [0.1, 0.15) is 5.69 Å². The molecule has 0 atom stereocenters. The van der Waals surface area contributed by atoms with Crippen LogP contribution in [0.25, 0.3) is 0 Å². The number of hydrogen-bond donors (Lipinski definition) is 1. The van der Waals surface area contributed by atoms with Crippen molar-refractivity contribution in [3.63, 3.8) is 0 Å². The first kappa shape index (κ1) is 16.4. The molecule has 6 nitrogen and oxygen atoms in total. The van der Waals surface area contributed by atoms with Crippen LogP contribution in [-0.2, 0) is 16.6 Å². The van der Waals surface area contributed by atoms with Crippen LogP contribution in [0.4, 0.5) is 5.13 Å². The van der Waals surface area contributed by atoms with Crippen LogP contribution in [0.3, 0.4) is 0 Å². The lowest BCUT2D eigenvalue weighted by molar-refractivity contribution is 0.0977. The minimum Gasteiger partial charge on any atom is -0.347 e. The first-order valence-electron chi connectivity index (χ1n) is 6.51. The second-order valence-electron chi connectivity index (χ2n) is 4.95. The van der Waals surface area contributed by atoms with Crippen LogP contribution in [0.2, 0.25) is 0 Å². The van der Waals surface area contributed by atoms with E-state index >= 15 is 0 Å². The van der Waals surface area contributed by atoms with Gasteiger partial charge in [0, 0.05) is 18.5 Å². The average Bonchev–Trinajstić information content (AvgIpc) is 2.80. The molecule has 0 fully saturated rings. The van der Waals surface area contributed by atoms with Crippen LogP contribution in [-0.4, -0.2) is 32.6 Å². The summed E-state index contributed by atoms with van der Waals surface area (Å²) >= 11 is 1.36. The summed E-state index contributed by atoms with van der Waals surface area (Å²) in [7, 11) is -1.72. The number of carbonyl (C=O) groups is 1. The fourth-order valence-electron chi connectivity index (χ4n) is 1.90. The molecule has 1 heterocycles. The highest BCUT2D eigenvalue weighted by Crippen LogP contribution is 2.26. The highest BCUT2D eigenvalue weighted by atomic mass is 32.2. The Bertz CT molecular complexity index is 770. The number of carbonyl (C=O) groups excluding carboxylic acids is 1. The molecule has 118 valence electrons. The maximum atomic E-state index is 11.9. The number of nitrogens with zero attached hydrogens (tertiary/aromatic N) is 2. The largest absolute Gasteiger partial charge is 0.347 e. The molecule has 0 aliphatic heterocycles. The second-order valence-corrected chi connectivity index (χ2v) is 7.88. The quantitative estimate of drug-likeness (QED) is 0.898. The zero-order valence-corrected chi connectivity index (χ0v) is 14.2. The molecule has 0 aliphatic carbocycles. The predicted octanol–water partition coefficient (Wildman–Crippen LogP) is 1.78. The van der Waals surface area contributed by atoms with E-state index < -0.39 is 15.9 Å². The number of thiazole rings is 1. The van der Waals surface area contributed by atoms with Crippen molar-refractivity contribution in [3.8, 4) is 0 Å². The predicted molar refractivity (Wildman–Crippen MR) is 87.7 cm³/mol. The Labute approximate surface area is 133 Å². The van der Waals surface area contributed by atoms with Crippen LogP contribution in [0.5, 0.6) is 0 Å². The number of rotatable bonds is 5. The van der Waals surface area contributed by atoms with E-state index in [1.807, 2.05) is 47.0 Å². The zero-order chi connectivity index (χ0) is 16.3. The monoisotopic (exact) mass is 339 g/mol. The van der Waals surface area contributed by atoms with E-state index in [-0.39, 0.29) is 5.69 Å². The molecule has 0 bridgehead atoms. The van der Waals surface area contributed by atoms with Crippen LogP contribution >= 0.6 is 11.3 Å². The molecule has 2 aromatic rings. The van der Waals surface area contributed by atoms with E-state index in [0.29, 0.717) is 16.6 Å². The molecule has 1 N–H and O–H groups in total. The third kappa shape index (κ3) is 4.28. The molecule has 1 aromatic heterocycles. The summed E-state index contributed by atoms with van der Waals surface area (Å²) in [4.78, 5) is 18.8. The van der Waals surface area contributed by atoms with Gasteiger partial charge in [0.15, 0.2) is 5.13 Å². The summed E-state index contributed by atoms with van der Waals surface area (Å²) in [5.74, 6) is -0.699. The fraction of sp³-hybridized carbons (Fsp3) is 0.286. The summed E-state index contributed by atoms with van der Waals surface area (Å²) in [6.07, 6.45) is 0.940. The normalized spacial score (nSPS) is 11.2. The molecule has 0 aliphatic rings. The van der Waals surface area contributed by atoms with E-state index in [0.717, 1.165) is 11.8 Å². The lowest BCUT2D eigenvalue weighted by atomic mass is 10.2. The van der Waals surface area contributed by atoms with Crippen LogP contribution in [0.1, 0.15) is 20.9 Å². The van der Waals surface area contributed by atoms with Crippen LogP contribution < -0.4 is 9.62 Å². The number of aryl methyl sites for hydroxylation is 1. The number of aromatic nitrogens is 1. The average molecular weight is 339 g/mol. The molecule has 0 spiro atoms. The molecule has 1 aromatic carbocycles. The molecular formula is C14H17N3O3S2. The minimum absolute atomic E-state index is 0.144. The third-order valence-electron chi connectivity index (χ3n) is 2.87. The number of hydrogen-bond acceptors (Lipinski definition) is 6. The van der Waals surface area contributed by atoms with E-state index in [1.54, 1.807) is 6.92 Å². The van der Waals surface area contributed by atoms with Gasteiger partial charge in [-0.2, -0.15) is 0 Å². The van der Waals surface area contributed by atoms with E-state index in [4.69, 9.17) is 0 Å².